The molecular weight excluding hydrogens is 402 g/mol. The van der Waals surface area contributed by atoms with Gasteiger partial charge in [-0.1, -0.05) is 38.1 Å². The number of benzene rings is 1. The molecule has 1 aliphatic rings. The molecule has 1 saturated heterocycles. The maximum atomic E-state index is 13.3. The van der Waals surface area contributed by atoms with E-state index < -0.39 is 5.54 Å². The minimum absolute atomic E-state index is 0.161. The molecule has 2 aromatic heterocycles. The number of nitrogens with one attached hydrogen (secondary N) is 1. The van der Waals surface area contributed by atoms with Crippen LogP contribution in [0.5, 0.6) is 0 Å². The molecule has 1 aliphatic heterocycles. The molecular formula is C25H27N5O2. The molecule has 1 fully saturated rings. The molecule has 0 aliphatic carbocycles. The van der Waals surface area contributed by atoms with Crippen LogP contribution in [0.2, 0.25) is 0 Å². The molecule has 4 rings (SSSR count). The van der Waals surface area contributed by atoms with Gasteiger partial charge in [0, 0.05) is 36.8 Å². The van der Waals surface area contributed by atoms with E-state index in [1.807, 2.05) is 30.3 Å². The minimum atomic E-state index is -0.929. The van der Waals surface area contributed by atoms with Crippen LogP contribution in [0.4, 0.5) is 5.69 Å². The van der Waals surface area contributed by atoms with Crippen LogP contribution in [0.1, 0.15) is 38.2 Å². The molecule has 2 amide bonds. The largest absolute Gasteiger partial charge is 0.352 e. The second-order valence-corrected chi connectivity index (χ2v) is 9.09. The van der Waals surface area contributed by atoms with E-state index in [4.69, 9.17) is 11.6 Å². The number of carbonyl (C=O) groups excluding carboxylic acids is 2. The molecule has 3 aromatic rings. The Morgan fingerprint density at radius 2 is 1.94 bits per heavy atom. The molecule has 32 heavy (non-hydrogen) atoms. The number of amides is 2. The van der Waals surface area contributed by atoms with Crippen molar-refractivity contribution >= 4 is 28.5 Å². The van der Waals surface area contributed by atoms with E-state index >= 15 is 0 Å². The lowest BCUT2D eigenvalue weighted by atomic mass is 9.98. The summed E-state index contributed by atoms with van der Waals surface area (Å²) in [6.07, 6.45) is 2.07. The van der Waals surface area contributed by atoms with E-state index in [0.717, 1.165) is 28.7 Å². The average Bonchev–Trinajstić information content (AvgIpc) is 3.12. The van der Waals surface area contributed by atoms with Crippen molar-refractivity contribution in [3.8, 4) is 11.1 Å². The van der Waals surface area contributed by atoms with Crippen LogP contribution >= 0.6 is 0 Å². The molecule has 0 unspecified atom stereocenters. The molecule has 0 atom stereocenters. The van der Waals surface area contributed by atoms with Gasteiger partial charge in [-0.25, -0.2) is 9.83 Å². The zero-order valence-corrected chi connectivity index (χ0v) is 18.8. The van der Waals surface area contributed by atoms with Crippen molar-refractivity contribution in [1.29, 1.82) is 0 Å². The number of pyridine rings is 1. The third-order valence-corrected chi connectivity index (χ3v) is 5.91. The minimum Gasteiger partial charge on any atom is -0.352 e. The number of fused-ring (bicyclic) bond motifs is 1. The first-order valence-corrected chi connectivity index (χ1v) is 10.8. The molecule has 7 nitrogen and oxygen atoms in total. The molecule has 0 bridgehead atoms. The van der Waals surface area contributed by atoms with Gasteiger partial charge in [0.25, 0.3) is 5.91 Å². The molecule has 0 spiro atoms. The molecule has 164 valence electrons. The highest BCUT2D eigenvalue weighted by Crippen LogP contribution is 2.32. The number of hydrogen-bond acceptors (Lipinski definition) is 3. The lowest BCUT2D eigenvalue weighted by molar-refractivity contribution is -0.133. The fourth-order valence-electron chi connectivity index (χ4n) is 4.15. The monoisotopic (exact) mass is 429 g/mol. The van der Waals surface area contributed by atoms with E-state index in [-0.39, 0.29) is 11.8 Å². The predicted molar refractivity (Wildman–Crippen MR) is 124 cm³/mol. The Balaban J connectivity index is 1.79. The second kappa shape index (κ2) is 8.12. The standard InChI is InChI=1S/C25H27N5O2/c1-16(2)14-29-15-20(17-6-8-18(26-5)9-7-17)19-10-11-21(28-22(19)29)23(31)30-13-12-27-24(32)25(30,3)4/h6-11,15-16H,12-14H2,1-4H3,(H,27,32). The lowest BCUT2D eigenvalue weighted by Gasteiger charge is -2.40. The van der Waals surface area contributed by atoms with E-state index in [2.05, 4.69) is 34.8 Å². The topological polar surface area (TPSA) is 71.6 Å². The first-order valence-electron chi connectivity index (χ1n) is 10.8. The van der Waals surface area contributed by atoms with Crippen molar-refractivity contribution in [2.75, 3.05) is 13.1 Å². The summed E-state index contributed by atoms with van der Waals surface area (Å²) in [5.41, 5.74) is 2.76. The van der Waals surface area contributed by atoms with Crippen molar-refractivity contribution in [3.05, 3.63) is 59.7 Å². The second-order valence-electron chi connectivity index (χ2n) is 9.09. The summed E-state index contributed by atoms with van der Waals surface area (Å²) in [6.45, 7) is 16.6. The summed E-state index contributed by atoms with van der Waals surface area (Å²) in [4.78, 5) is 35.5. The quantitative estimate of drug-likeness (QED) is 0.630. The molecule has 1 aromatic carbocycles. The van der Waals surface area contributed by atoms with Gasteiger partial charge in [-0.2, -0.15) is 0 Å². The highest BCUT2D eigenvalue weighted by Gasteiger charge is 2.41. The summed E-state index contributed by atoms with van der Waals surface area (Å²) in [6, 6.07) is 11.2. The van der Waals surface area contributed by atoms with Gasteiger partial charge in [0.1, 0.15) is 16.9 Å². The maximum Gasteiger partial charge on any atom is 0.273 e. The van der Waals surface area contributed by atoms with Crippen molar-refractivity contribution in [3.63, 3.8) is 0 Å². The number of nitrogens with zero attached hydrogens (tertiary/aromatic N) is 4. The van der Waals surface area contributed by atoms with Crippen LogP contribution in [0.15, 0.2) is 42.6 Å². The van der Waals surface area contributed by atoms with Crippen LogP contribution in [-0.2, 0) is 11.3 Å². The normalized spacial score (nSPS) is 15.6. The zero-order chi connectivity index (χ0) is 23.0. The Bertz CT molecular complexity index is 1230. The summed E-state index contributed by atoms with van der Waals surface area (Å²) in [5.74, 6) is -0.00710. The zero-order valence-electron chi connectivity index (χ0n) is 18.8. The van der Waals surface area contributed by atoms with Gasteiger partial charge in [0.2, 0.25) is 5.91 Å². The predicted octanol–water partition coefficient (Wildman–Crippen LogP) is 4.26. The van der Waals surface area contributed by atoms with Crippen molar-refractivity contribution in [2.24, 2.45) is 5.92 Å². The SMILES string of the molecule is [C-]#[N+]c1ccc(-c2cn(CC(C)C)c3nc(C(=O)N4CCNC(=O)C4(C)C)ccc23)cc1. The average molecular weight is 430 g/mol. The summed E-state index contributed by atoms with van der Waals surface area (Å²) in [7, 11) is 0. The summed E-state index contributed by atoms with van der Waals surface area (Å²) >= 11 is 0. The number of hydrogen-bond donors (Lipinski definition) is 1. The van der Waals surface area contributed by atoms with Crippen LogP contribution in [0, 0.1) is 12.5 Å². The van der Waals surface area contributed by atoms with Gasteiger partial charge < -0.3 is 14.8 Å². The Kier molecular flexibility index (Phi) is 5.47. The fraction of sp³-hybridized carbons (Fsp3) is 0.360. The van der Waals surface area contributed by atoms with E-state index in [9.17, 15) is 9.59 Å². The van der Waals surface area contributed by atoms with Gasteiger partial charge in [-0.3, -0.25) is 9.59 Å². The van der Waals surface area contributed by atoms with Crippen LogP contribution < -0.4 is 5.32 Å². The molecule has 7 heteroatoms. The van der Waals surface area contributed by atoms with Crippen LogP contribution in [0.3, 0.4) is 0 Å². The van der Waals surface area contributed by atoms with Crippen molar-refractivity contribution in [2.45, 2.75) is 39.8 Å². The molecule has 3 heterocycles. The third-order valence-electron chi connectivity index (χ3n) is 5.91. The first kappa shape index (κ1) is 21.6. The number of rotatable bonds is 4. The van der Waals surface area contributed by atoms with E-state index in [0.29, 0.717) is 30.4 Å². The first-order chi connectivity index (χ1) is 15.2. The van der Waals surface area contributed by atoms with Crippen molar-refractivity contribution < 1.29 is 9.59 Å². The van der Waals surface area contributed by atoms with E-state index in [1.165, 1.54) is 0 Å². The molecule has 1 N–H and O–H groups in total. The van der Waals surface area contributed by atoms with Gasteiger partial charge in [-0.15, -0.1) is 0 Å². The third kappa shape index (κ3) is 3.73. The van der Waals surface area contributed by atoms with Gasteiger partial charge in [0.15, 0.2) is 5.69 Å². The number of carbonyl (C=O) groups is 2. The summed E-state index contributed by atoms with van der Waals surface area (Å²) in [5, 5.41) is 3.78. The van der Waals surface area contributed by atoms with Gasteiger partial charge >= 0.3 is 0 Å². The Hall–Kier alpha value is -3.66. The number of piperazine rings is 1. The van der Waals surface area contributed by atoms with Crippen LogP contribution in [0.25, 0.3) is 27.0 Å². The summed E-state index contributed by atoms with van der Waals surface area (Å²) < 4.78 is 2.09. The van der Waals surface area contributed by atoms with Gasteiger partial charge in [-0.05, 0) is 37.5 Å². The highest BCUT2D eigenvalue weighted by atomic mass is 16.2. The van der Waals surface area contributed by atoms with Crippen molar-refractivity contribution in [1.82, 2.24) is 19.8 Å². The lowest BCUT2D eigenvalue weighted by Crippen LogP contribution is -2.63. The smallest absolute Gasteiger partial charge is 0.273 e. The Labute approximate surface area is 187 Å². The van der Waals surface area contributed by atoms with E-state index in [1.54, 1.807) is 24.8 Å². The molecule has 0 radical (unpaired) electrons. The maximum absolute atomic E-state index is 13.3. The number of aromatic nitrogens is 2. The van der Waals surface area contributed by atoms with Gasteiger partial charge in [0.05, 0.1) is 6.57 Å². The Morgan fingerprint density at radius 1 is 1.22 bits per heavy atom. The fourth-order valence-corrected chi connectivity index (χ4v) is 4.15. The van der Waals surface area contributed by atoms with Crippen LogP contribution in [-0.4, -0.2) is 44.9 Å². The molecule has 0 saturated carbocycles. The highest BCUT2D eigenvalue weighted by molar-refractivity contribution is 6.01. The Morgan fingerprint density at radius 3 is 2.59 bits per heavy atom.